The second-order valence-corrected chi connectivity index (χ2v) is 5.05. The predicted molar refractivity (Wildman–Crippen MR) is 78.5 cm³/mol. The molecule has 0 aliphatic heterocycles. The molecule has 0 amide bonds. The van der Waals surface area contributed by atoms with E-state index in [1.54, 1.807) is 7.11 Å². The Morgan fingerprint density at radius 2 is 1.94 bits per heavy atom. The van der Waals surface area contributed by atoms with Crippen LogP contribution in [0.4, 0.5) is 0 Å². The van der Waals surface area contributed by atoms with Gasteiger partial charge in [-0.2, -0.15) is 0 Å². The summed E-state index contributed by atoms with van der Waals surface area (Å²) >= 11 is 3.56. The van der Waals surface area contributed by atoms with Gasteiger partial charge >= 0.3 is 0 Å². The van der Waals surface area contributed by atoms with E-state index >= 15 is 0 Å². The standard InChI is InChI=1S/C14H22BrNO2/c1-5-11(6-2)18-14-12(15)7-10(9-16-3)8-13(14)17-4/h7-8,11,16H,5-6,9H2,1-4H3. The van der Waals surface area contributed by atoms with E-state index < -0.39 is 0 Å². The van der Waals surface area contributed by atoms with E-state index in [4.69, 9.17) is 9.47 Å². The molecule has 0 aliphatic carbocycles. The average Bonchev–Trinajstić information content (AvgIpc) is 2.37. The Kier molecular flexibility index (Phi) is 6.50. The molecule has 1 aromatic carbocycles. The Morgan fingerprint density at radius 3 is 2.44 bits per heavy atom. The Balaban J connectivity index is 3.02. The summed E-state index contributed by atoms with van der Waals surface area (Å²) < 4.78 is 12.4. The van der Waals surface area contributed by atoms with Crippen LogP contribution in [0.15, 0.2) is 16.6 Å². The minimum atomic E-state index is 0.227. The summed E-state index contributed by atoms with van der Waals surface area (Å²) in [5.74, 6) is 1.58. The third-order valence-corrected chi connectivity index (χ3v) is 3.45. The number of hydrogen-bond donors (Lipinski definition) is 1. The number of rotatable bonds is 7. The lowest BCUT2D eigenvalue weighted by Crippen LogP contribution is -2.15. The van der Waals surface area contributed by atoms with Crippen LogP contribution in [-0.4, -0.2) is 20.3 Å². The first kappa shape index (κ1) is 15.3. The third kappa shape index (κ3) is 3.89. The lowest BCUT2D eigenvalue weighted by molar-refractivity contribution is 0.183. The maximum Gasteiger partial charge on any atom is 0.175 e. The lowest BCUT2D eigenvalue weighted by atomic mass is 10.2. The number of hydrogen-bond acceptors (Lipinski definition) is 3. The maximum absolute atomic E-state index is 6.01. The van der Waals surface area contributed by atoms with Crippen molar-refractivity contribution < 1.29 is 9.47 Å². The Morgan fingerprint density at radius 1 is 1.28 bits per heavy atom. The number of ether oxygens (including phenoxy) is 2. The topological polar surface area (TPSA) is 30.5 Å². The van der Waals surface area contributed by atoms with Crippen molar-refractivity contribution in [3.05, 3.63) is 22.2 Å². The highest BCUT2D eigenvalue weighted by Crippen LogP contribution is 2.37. The molecule has 1 N–H and O–H groups in total. The fourth-order valence-corrected chi connectivity index (χ4v) is 2.40. The Labute approximate surface area is 118 Å². The minimum absolute atomic E-state index is 0.227. The maximum atomic E-state index is 6.01. The first-order chi connectivity index (χ1) is 8.65. The van der Waals surface area contributed by atoms with E-state index in [1.165, 1.54) is 0 Å². The Bertz CT molecular complexity index is 378. The first-order valence-electron chi connectivity index (χ1n) is 6.33. The molecule has 0 bridgehead atoms. The molecule has 0 unspecified atom stereocenters. The van der Waals surface area contributed by atoms with E-state index in [-0.39, 0.29) is 6.10 Å². The summed E-state index contributed by atoms with van der Waals surface area (Å²) in [6, 6.07) is 4.08. The van der Waals surface area contributed by atoms with Gasteiger partial charge in [-0.05, 0) is 53.5 Å². The van der Waals surface area contributed by atoms with Gasteiger partial charge < -0.3 is 14.8 Å². The molecule has 102 valence electrons. The van der Waals surface area contributed by atoms with Gasteiger partial charge in [0.05, 0.1) is 17.7 Å². The molecule has 0 heterocycles. The molecule has 3 nitrogen and oxygen atoms in total. The fourth-order valence-electron chi connectivity index (χ4n) is 1.82. The first-order valence-corrected chi connectivity index (χ1v) is 7.13. The van der Waals surface area contributed by atoms with Gasteiger partial charge in [-0.25, -0.2) is 0 Å². The summed E-state index contributed by atoms with van der Waals surface area (Å²) in [6.07, 6.45) is 2.21. The van der Waals surface area contributed by atoms with Crippen LogP contribution in [-0.2, 0) is 6.54 Å². The van der Waals surface area contributed by atoms with Gasteiger partial charge in [0.2, 0.25) is 0 Å². The zero-order chi connectivity index (χ0) is 13.5. The molecule has 4 heteroatoms. The van der Waals surface area contributed by atoms with Crippen LogP contribution in [0, 0.1) is 0 Å². The van der Waals surface area contributed by atoms with Crippen molar-refractivity contribution in [2.75, 3.05) is 14.2 Å². The van der Waals surface area contributed by atoms with Crippen LogP contribution in [0.2, 0.25) is 0 Å². The average molecular weight is 316 g/mol. The summed E-state index contributed by atoms with van der Waals surface area (Å²) in [4.78, 5) is 0. The van der Waals surface area contributed by atoms with Gasteiger partial charge in [0.1, 0.15) is 0 Å². The van der Waals surface area contributed by atoms with Crippen molar-refractivity contribution in [3.8, 4) is 11.5 Å². The SMILES string of the molecule is CCC(CC)Oc1c(Br)cc(CNC)cc1OC. The third-order valence-electron chi connectivity index (χ3n) is 2.87. The molecule has 1 aromatic rings. The Hall–Kier alpha value is -0.740. The van der Waals surface area contributed by atoms with Gasteiger partial charge in [-0.1, -0.05) is 13.8 Å². The van der Waals surface area contributed by atoms with Gasteiger partial charge in [0, 0.05) is 6.54 Å². The second-order valence-electron chi connectivity index (χ2n) is 4.20. The molecule has 18 heavy (non-hydrogen) atoms. The van der Waals surface area contributed by atoms with Gasteiger partial charge in [0.15, 0.2) is 11.5 Å². The lowest BCUT2D eigenvalue weighted by Gasteiger charge is -2.20. The zero-order valence-electron chi connectivity index (χ0n) is 11.5. The van der Waals surface area contributed by atoms with Crippen LogP contribution >= 0.6 is 15.9 Å². The highest BCUT2D eigenvalue weighted by atomic mass is 79.9. The van der Waals surface area contributed by atoms with Crippen molar-refractivity contribution in [1.82, 2.24) is 5.32 Å². The van der Waals surface area contributed by atoms with Gasteiger partial charge in [-0.15, -0.1) is 0 Å². The van der Waals surface area contributed by atoms with Gasteiger partial charge in [-0.3, -0.25) is 0 Å². The second kappa shape index (κ2) is 7.64. The number of halogens is 1. The van der Waals surface area contributed by atoms with E-state index in [9.17, 15) is 0 Å². The minimum Gasteiger partial charge on any atom is -0.493 e. The van der Waals surface area contributed by atoms with E-state index in [2.05, 4.69) is 41.2 Å². The predicted octanol–water partition coefficient (Wildman–Crippen LogP) is 3.74. The highest BCUT2D eigenvalue weighted by Gasteiger charge is 2.15. The molecule has 0 atom stereocenters. The molecule has 0 fully saturated rings. The highest BCUT2D eigenvalue weighted by molar-refractivity contribution is 9.10. The molecule has 0 aromatic heterocycles. The quantitative estimate of drug-likeness (QED) is 0.831. The molecule has 0 saturated heterocycles. The smallest absolute Gasteiger partial charge is 0.175 e. The van der Waals surface area contributed by atoms with Crippen molar-refractivity contribution in [1.29, 1.82) is 0 Å². The molecule has 1 rings (SSSR count). The molecular weight excluding hydrogens is 294 g/mol. The largest absolute Gasteiger partial charge is 0.493 e. The van der Waals surface area contributed by atoms with Crippen LogP contribution in [0.25, 0.3) is 0 Å². The monoisotopic (exact) mass is 315 g/mol. The van der Waals surface area contributed by atoms with Crippen LogP contribution in [0.3, 0.4) is 0 Å². The van der Waals surface area contributed by atoms with Gasteiger partial charge in [0.25, 0.3) is 0 Å². The van der Waals surface area contributed by atoms with Crippen molar-refractivity contribution in [2.24, 2.45) is 0 Å². The number of benzene rings is 1. The van der Waals surface area contributed by atoms with E-state index in [0.29, 0.717) is 0 Å². The van der Waals surface area contributed by atoms with E-state index in [0.717, 1.165) is 40.9 Å². The normalized spacial score (nSPS) is 10.8. The van der Waals surface area contributed by atoms with Crippen LogP contribution in [0.1, 0.15) is 32.3 Å². The molecule has 0 radical (unpaired) electrons. The summed E-state index contributed by atoms with van der Waals surface area (Å²) in [7, 11) is 3.60. The molecule has 0 aliphatic rings. The zero-order valence-corrected chi connectivity index (χ0v) is 13.1. The molecule has 0 spiro atoms. The van der Waals surface area contributed by atoms with Crippen LogP contribution < -0.4 is 14.8 Å². The van der Waals surface area contributed by atoms with Crippen LogP contribution in [0.5, 0.6) is 11.5 Å². The summed E-state index contributed by atoms with van der Waals surface area (Å²) in [5.41, 5.74) is 1.16. The molecule has 0 saturated carbocycles. The van der Waals surface area contributed by atoms with E-state index in [1.807, 2.05) is 13.1 Å². The summed E-state index contributed by atoms with van der Waals surface area (Å²) in [6.45, 7) is 5.06. The van der Waals surface area contributed by atoms with Crippen molar-refractivity contribution in [3.63, 3.8) is 0 Å². The van der Waals surface area contributed by atoms with Crippen molar-refractivity contribution in [2.45, 2.75) is 39.3 Å². The summed E-state index contributed by atoms with van der Waals surface area (Å²) in [5, 5.41) is 3.13. The molecular formula is C14H22BrNO2. The fraction of sp³-hybridized carbons (Fsp3) is 0.571. The van der Waals surface area contributed by atoms with Crippen molar-refractivity contribution >= 4 is 15.9 Å². The number of nitrogens with one attached hydrogen (secondary N) is 1. The number of methoxy groups -OCH3 is 1.